The molecule has 0 aromatic carbocycles. The average molecular weight is 284 g/mol. The minimum atomic E-state index is 0.264. The standard InChI is InChI=1S/C15H16N4O2/c1-3-8(2)13-17-18-14(20-13)10-6-11-12(9-4-5-9)19-21-15(11)16-7-10/h6-9H,3-5H2,1-2H3/t8-/m0/s1. The van der Waals surface area contributed by atoms with Gasteiger partial charge >= 0.3 is 0 Å². The van der Waals surface area contributed by atoms with E-state index in [9.17, 15) is 0 Å². The number of hydrogen-bond acceptors (Lipinski definition) is 6. The first kappa shape index (κ1) is 12.5. The quantitative estimate of drug-likeness (QED) is 0.727. The second-order valence-electron chi connectivity index (χ2n) is 5.67. The molecule has 0 saturated heterocycles. The van der Waals surface area contributed by atoms with Crippen molar-refractivity contribution in [1.29, 1.82) is 0 Å². The summed E-state index contributed by atoms with van der Waals surface area (Å²) in [5, 5.41) is 13.3. The Kier molecular flexibility index (Phi) is 2.77. The summed E-state index contributed by atoms with van der Waals surface area (Å²) < 4.78 is 11.0. The molecule has 108 valence electrons. The second-order valence-corrected chi connectivity index (χ2v) is 5.67. The smallest absolute Gasteiger partial charge is 0.257 e. The summed E-state index contributed by atoms with van der Waals surface area (Å²) in [6.45, 7) is 4.17. The van der Waals surface area contributed by atoms with Crippen LogP contribution in [0, 0.1) is 0 Å². The zero-order chi connectivity index (χ0) is 14.4. The monoisotopic (exact) mass is 284 g/mol. The topological polar surface area (TPSA) is 77.8 Å². The number of hydrogen-bond donors (Lipinski definition) is 0. The first-order valence-electron chi connectivity index (χ1n) is 7.35. The Morgan fingerprint density at radius 2 is 2.19 bits per heavy atom. The van der Waals surface area contributed by atoms with E-state index < -0.39 is 0 Å². The van der Waals surface area contributed by atoms with Crippen LogP contribution in [-0.4, -0.2) is 20.3 Å². The lowest BCUT2D eigenvalue weighted by molar-refractivity contribution is 0.439. The van der Waals surface area contributed by atoms with Crippen molar-refractivity contribution in [2.45, 2.75) is 44.9 Å². The Labute approximate surface area is 121 Å². The van der Waals surface area contributed by atoms with Crippen molar-refractivity contribution in [2.75, 3.05) is 0 Å². The molecule has 1 saturated carbocycles. The third-order valence-electron chi connectivity index (χ3n) is 4.04. The van der Waals surface area contributed by atoms with E-state index in [1.165, 1.54) is 12.8 Å². The molecule has 0 N–H and O–H groups in total. The van der Waals surface area contributed by atoms with Crippen molar-refractivity contribution in [3.05, 3.63) is 23.8 Å². The van der Waals surface area contributed by atoms with Crippen molar-refractivity contribution in [1.82, 2.24) is 20.3 Å². The van der Waals surface area contributed by atoms with Crippen LogP contribution < -0.4 is 0 Å². The predicted molar refractivity (Wildman–Crippen MR) is 75.8 cm³/mol. The summed E-state index contributed by atoms with van der Waals surface area (Å²) in [5.41, 5.74) is 2.39. The van der Waals surface area contributed by atoms with Gasteiger partial charge in [0.2, 0.25) is 11.8 Å². The van der Waals surface area contributed by atoms with Crippen LogP contribution >= 0.6 is 0 Å². The number of aromatic nitrogens is 4. The van der Waals surface area contributed by atoms with Crippen LogP contribution in [-0.2, 0) is 0 Å². The maximum atomic E-state index is 5.75. The minimum Gasteiger partial charge on any atom is -0.420 e. The summed E-state index contributed by atoms with van der Waals surface area (Å²) in [6.07, 6.45) is 5.00. The molecule has 1 atom stereocenters. The Bertz CT molecular complexity index is 788. The highest BCUT2D eigenvalue weighted by Crippen LogP contribution is 2.42. The Hall–Kier alpha value is -2.24. The van der Waals surface area contributed by atoms with E-state index in [0.717, 1.165) is 23.1 Å². The van der Waals surface area contributed by atoms with Crippen molar-refractivity contribution < 1.29 is 8.94 Å². The molecule has 0 radical (unpaired) electrons. The van der Waals surface area contributed by atoms with E-state index in [1.807, 2.05) is 6.07 Å². The van der Waals surface area contributed by atoms with Gasteiger partial charge in [-0.15, -0.1) is 10.2 Å². The van der Waals surface area contributed by atoms with Gasteiger partial charge in [-0.05, 0) is 25.3 Å². The first-order chi connectivity index (χ1) is 10.3. The molecule has 0 bridgehead atoms. The molecular weight excluding hydrogens is 268 g/mol. The van der Waals surface area contributed by atoms with Crippen molar-refractivity contribution in [3.63, 3.8) is 0 Å². The number of fused-ring (bicyclic) bond motifs is 1. The molecule has 21 heavy (non-hydrogen) atoms. The van der Waals surface area contributed by atoms with Gasteiger partial charge in [-0.3, -0.25) is 0 Å². The molecule has 0 amide bonds. The summed E-state index contributed by atoms with van der Waals surface area (Å²) in [4.78, 5) is 4.31. The third kappa shape index (κ3) is 2.11. The van der Waals surface area contributed by atoms with Gasteiger partial charge in [-0.2, -0.15) is 0 Å². The fourth-order valence-electron chi connectivity index (χ4n) is 2.34. The average Bonchev–Trinajstić information content (AvgIpc) is 3.09. The molecule has 4 rings (SSSR count). The van der Waals surface area contributed by atoms with Gasteiger partial charge < -0.3 is 8.94 Å². The largest absolute Gasteiger partial charge is 0.420 e. The molecule has 3 heterocycles. The Morgan fingerprint density at radius 1 is 1.33 bits per heavy atom. The maximum absolute atomic E-state index is 5.75. The minimum absolute atomic E-state index is 0.264. The molecule has 0 aliphatic heterocycles. The van der Waals surface area contributed by atoms with E-state index >= 15 is 0 Å². The van der Waals surface area contributed by atoms with Crippen LogP contribution in [0.15, 0.2) is 21.2 Å². The number of nitrogens with zero attached hydrogens (tertiary/aromatic N) is 4. The molecule has 6 nitrogen and oxygen atoms in total. The Morgan fingerprint density at radius 3 is 2.95 bits per heavy atom. The zero-order valence-corrected chi connectivity index (χ0v) is 12.0. The molecule has 0 unspecified atom stereocenters. The molecule has 6 heteroatoms. The van der Waals surface area contributed by atoms with Gasteiger partial charge in [-0.1, -0.05) is 19.0 Å². The van der Waals surface area contributed by atoms with Gasteiger partial charge in [0.1, 0.15) is 0 Å². The van der Waals surface area contributed by atoms with Crippen LogP contribution in [0.5, 0.6) is 0 Å². The van der Waals surface area contributed by atoms with Crippen LogP contribution in [0.1, 0.15) is 56.5 Å². The van der Waals surface area contributed by atoms with E-state index in [4.69, 9.17) is 8.94 Å². The van der Waals surface area contributed by atoms with E-state index in [2.05, 4.69) is 34.2 Å². The first-order valence-corrected chi connectivity index (χ1v) is 7.35. The summed E-state index contributed by atoms with van der Waals surface area (Å²) in [7, 11) is 0. The summed E-state index contributed by atoms with van der Waals surface area (Å²) >= 11 is 0. The lowest BCUT2D eigenvalue weighted by atomic mass is 10.1. The van der Waals surface area contributed by atoms with Crippen LogP contribution in [0.25, 0.3) is 22.6 Å². The molecule has 0 spiro atoms. The zero-order valence-electron chi connectivity index (χ0n) is 12.0. The maximum Gasteiger partial charge on any atom is 0.257 e. The lowest BCUT2D eigenvalue weighted by Gasteiger charge is -2.00. The Balaban J connectivity index is 1.75. The van der Waals surface area contributed by atoms with Crippen molar-refractivity contribution in [2.24, 2.45) is 0 Å². The molecule has 3 aromatic heterocycles. The van der Waals surface area contributed by atoms with Gasteiger partial charge in [0, 0.05) is 18.0 Å². The van der Waals surface area contributed by atoms with Gasteiger partial charge in [-0.25, -0.2) is 4.98 Å². The highest BCUT2D eigenvalue weighted by molar-refractivity contribution is 5.81. The van der Waals surface area contributed by atoms with E-state index in [-0.39, 0.29) is 5.92 Å². The van der Waals surface area contributed by atoms with Crippen molar-refractivity contribution in [3.8, 4) is 11.5 Å². The molecule has 1 fully saturated rings. The van der Waals surface area contributed by atoms with Crippen molar-refractivity contribution >= 4 is 11.1 Å². The van der Waals surface area contributed by atoms with E-state index in [0.29, 0.717) is 23.4 Å². The molecule has 1 aliphatic carbocycles. The second kappa shape index (κ2) is 4.65. The normalized spacial score (nSPS) is 16.5. The van der Waals surface area contributed by atoms with Crippen LogP contribution in [0.3, 0.4) is 0 Å². The third-order valence-corrected chi connectivity index (χ3v) is 4.04. The molecule has 1 aliphatic rings. The molecular formula is C15H16N4O2. The number of rotatable bonds is 4. The highest BCUT2D eigenvalue weighted by Gasteiger charge is 2.29. The fourth-order valence-corrected chi connectivity index (χ4v) is 2.34. The van der Waals surface area contributed by atoms with Crippen LogP contribution in [0.4, 0.5) is 0 Å². The lowest BCUT2D eigenvalue weighted by Crippen LogP contribution is -1.90. The van der Waals surface area contributed by atoms with Gasteiger partial charge in [0.25, 0.3) is 5.71 Å². The van der Waals surface area contributed by atoms with Gasteiger partial charge in [0.05, 0.1) is 16.6 Å². The van der Waals surface area contributed by atoms with E-state index in [1.54, 1.807) is 6.20 Å². The molecule has 3 aromatic rings. The highest BCUT2D eigenvalue weighted by atomic mass is 16.5. The van der Waals surface area contributed by atoms with Crippen LogP contribution in [0.2, 0.25) is 0 Å². The summed E-state index contributed by atoms with van der Waals surface area (Å²) in [5.74, 6) is 1.95. The number of pyridine rings is 1. The SMILES string of the molecule is CC[C@H](C)c1nnc(-c2cnc3onc(C4CC4)c3c2)o1. The fraction of sp³-hybridized carbons (Fsp3) is 0.467. The van der Waals surface area contributed by atoms with Gasteiger partial charge in [0.15, 0.2) is 0 Å². The predicted octanol–water partition coefficient (Wildman–Crippen LogP) is 3.66. The summed E-state index contributed by atoms with van der Waals surface area (Å²) in [6, 6.07) is 1.99.